The Bertz CT molecular complexity index is 1010. The lowest BCUT2D eigenvalue weighted by Crippen LogP contribution is -2.33. The van der Waals surface area contributed by atoms with E-state index < -0.39 is 36.9 Å². The second kappa shape index (κ2) is 6.74. The number of aromatic carboxylic acids is 1. The van der Waals surface area contributed by atoms with E-state index >= 15 is 0 Å². The van der Waals surface area contributed by atoms with Crippen LogP contribution < -0.4 is 4.72 Å². The van der Waals surface area contributed by atoms with Crippen LogP contribution in [0.3, 0.4) is 0 Å². The van der Waals surface area contributed by atoms with Crippen molar-refractivity contribution in [2.24, 2.45) is 5.41 Å². The summed E-state index contributed by atoms with van der Waals surface area (Å²) in [5.41, 5.74) is -0.353. The van der Waals surface area contributed by atoms with Crippen molar-refractivity contribution in [3.63, 3.8) is 0 Å². The fourth-order valence-electron chi connectivity index (χ4n) is 2.88. The first-order valence-corrected chi connectivity index (χ1v) is 9.63. The van der Waals surface area contributed by atoms with Crippen molar-refractivity contribution in [2.75, 3.05) is 6.54 Å². The molecule has 0 atom stereocenters. The van der Waals surface area contributed by atoms with Gasteiger partial charge in [-0.3, -0.25) is 14.8 Å². The first-order valence-electron chi connectivity index (χ1n) is 8.14. The Morgan fingerprint density at radius 2 is 2.07 bits per heavy atom. The molecule has 0 radical (unpaired) electrons. The number of aryl methyl sites for hydroxylation is 1. The minimum Gasteiger partial charge on any atom is -0.477 e. The van der Waals surface area contributed by atoms with E-state index in [0.717, 1.165) is 6.07 Å². The van der Waals surface area contributed by atoms with Crippen LogP contribution in [0.2, 0.25) is 0 Å². The molecule has 1 aliphatic rings. The van der Waals surface area contributed by atoms with Crippen LogP contribution >= 0.6 is 0 Å². The fraction of sp³-hybridized carbons (Fsp3) is 0.375. The first-order chi connectivity index (χ1) is 12.6. The van der Waals surface area contributed by atoms with E-state index in [1.54, 1.807) is 6.92 Å². The number of benzene rings is 1. The van der Waals surface area contributed by atoms with Gasteiger partial charge in [0.05, 0.1) is 10.6 Å². The molecular weight excluding hydrogens is 376 g/mol. The highest BCUT2D eigenvalue weighted by atomic mass is 32.2. The van der Waals surface area contributed by atoms with E-state index in [1.165, 1.54) is 28.9 Å². The van der Waals surface area contributed by atoms with Crippen molar-refractivity contribution < 1.29 is 23.2 Å². The molecule has 3 rings (SSSR count). The second-order valence-electron chi connectivity index (χ2n) is 6.68. The van der Waals surface area contributed by atoms with Crippen LogP contribution in [0.15, 0.2) is 35.2 Å². The highest BCUT2D eigenvalue weighted by molar-refractivity contribution is 7.89. The summed E-state index contributed by atoms with van der Waals surface area (Å²) in [5, 5.41) is 24.5. The zero-order chi connectivity index (χ0) is 19.8. The SMILES string of the molecule is Cc1cc(C(=O)O)n(CC2(CNS(=O)(=O)c3ccccc3[N+](=O)[O-])CC2)n1. The monoisotopic (exact) mass is 394 g/mol. The molecule has 0 bridgehead atoms. The third-order valence-electron chi connectivity index (χ3n) is 4.55. The highest BCUT2D eigenvalue weighted by Crippen LogP contribution is 2.47. The molecule has 10 nitrogen and oxygen atoms in total. The number of carbonyl (C=O) groups is 1. The second-order valence-corrected chi connectivity index (χ2v) is 8.42. The molecule has 1 aromatic heterocycles. The molecule has 1 aliphatic carbocycles. The van der Waals surface area contributed by atoms with Crippen LogP contribution in [0.1, 0.15) is 29.0 Å². The minimum atomic E-state index is -4.08. The van der Waals surface area contributed by atoms with Crippen LogP contribution in [-0.2, 0) is 16.6 Å². The van der Waals surface area contributed by atoms with Gasteiger partial charge >= 0.3 is 5.97 Å². The summed E-state index contributed by atoms with van der Waals surface area (Å²) < 4.78 is 28.9. The molecule has 0 spiro atoms. The Morgan fingerprint density at radius 1 is 1.41 bits per heavy atom. The standard InChI is InChI=1S/C16H18N4O6S/c1-11-8-13(15(21)22)19(18-11)10-16(6-7-16)9-17-27(25,26)14-5-3-2-4-12(14)20(23)24/h2-5,8,17H,6-7,9-10H2,1H3,(H,21,22). The van der Waals surface area contributed by atoms with Gasteiger partial charge in [0.25, 0.3) is 5.69 Å². The number of hydrogen-bond acceptors (Lipinski definition) is 6. The summed E-state index contributed by atoms with van der Waals surface area (Å²) in [7, 11) is -4.08. The van der Waals surface area contributed by atoms with Gasteiger partial charge in [-0.05, 0) is 31.9 Å². The number of nitro groups is 1. The number of nitrogens with one attached hydrogen (secondary N) is 1. The molecule has 0 amide bonds. The quantitative estimate of drug-likeness (QED) is 0.510. The Hall–Kier alpha value is -2.79. The highest BCUT2D eigenvalue weighted by Gasteiger charge is 2.45. The van der Waals surface area contributed by atoms with Gasteiger partial charge in [0.15, 0.2) is 4.90 Å². The summed E-state index contributed by atoms with van der Waals surface area (Å²) in [6.07, 6.45) is 1.40. The van der Waals surface area contributed by atoms with Crippen molar-refractivity contribution in [2.45, 2.75) is 31.2 Å². The van der Waals surface area contributed by atoms with Gasteiger partial charge in [-0.2, -0.15) is 5.10 Å². The molecule has 11 heteroatoms. The number of para-hydroxylation sites is 1. The van der Waals surface area contributed by atoms with Gasteiger partial charge in [-0.1, -0.05) is 12.1 Å². The van der Waals surface area contributed by atoms with Crippen molar-refractivity contribution in [3.05, 3.63) is 51.8 Å². The summed E-state index contributed by atoms with van der Waals surface area (Å²) in [4.78, 5) is 21.2. The Morgan fingerprint density at radius 3 is 2.67 bits per heavy atom. The maximum Gasteiger partial charge on any atom is 0.354 e. The lowest BCUT2D eigenvalue weighted by molar-refractivity contribution is -0.387. The van der Waals surface area contributed by atoms with E-state index in [0.29, 0.717) is 18.5 Å². The average molecular weight is 394 g/mol. The molecule has 0 aliphatic heterocycles. The topological polar surface area (TPSA) is 144 Å². The zero-order valence-corrected chi connectivity index (χ0v) is 15.3. The molecule has 144 valence electrons. The molecule has 2 N–H and O–H groups in total. The van der Waals surface area contributed by atoms with E-state index in [2.05, 4.69) is 9.82 Å². The van der Waals surface area contributed by atoms with Crippen LogP contribution in [0.5, 0.6) is 0 Å². The molecule has 1 saturated carbocycles. The van der Waals surface area contributed by atoms with Gasteiger partial charge in [-0.15, -0.1) is 0 Å². The Balaban J connectivity index is 1.77. The Kier molecular flexibility index (Phi) is 4.74. The zero-order valence-electron chi connectivity index (χ0n) is 14.5. The molecule has 0 unspecified atom stereocenters. The summed E-state index contributed by atoms with van der Waals surface area (Å²) >= 11 is 0. The van der Waals surface area contributed by atoms with E-state index in [4.69, 9.17) is 0 Å². The summed E-state index contributed by atoms with van der Waals surface area (Å²) in [5.74, 6) is -1.10. The maximum absolute atomic E-state index is 12.5. The number of aromatic nitrogens is 2. The Labute approximate surface area is 155 Å². The van der Waals surface area contributed by atoms with E-state index in [9.17, 15) is 28.4 Å². The number of nitrogens with zero attached hydrogens (tertiary/aromatic N) is 3. The third-order valence-corrected chi connectivity index (χ3v) is 6.00. The molecule has 1 heterocycles. The first kappa shape index (κ1) is 19.0. The number of nitro benzene ring substituents is 1. The maximum atomic E-state index is 12.5. The number of carboxylic acid groups (broad SMARTS) is 1. The van der Waals surface area contributed by atoms with Crippen molar-refractivity contribution in [1.82, 2.24) is 14.5 Å². The number of sulfonamides is 1. The molecule has 0 saturated heterocycles. The van der Waals surface area contributed by atoms with Gasteiger partial charge in [-0.25, -0.2) is 17.9 Å². The third kappa shape index (κ3) is 3.98. The predicted molar refractivity (Wildman–Crippen MR) is 93.9 cm³/mol. The van der Waals surface area contributed by atoms with Crippen molar-refractivity contribution in [3.8, 4) is 0 Å². The number of hydrogen-bond donors (Lipinski definition) is 2. The lowest BCUT2D eigenvalue weighted by Gasteiger charge is -2.17. The van der Waals surface area contributed by atoms with Crippen LogP contribution in [-0.4, -0.2) is 40.7 Å². The largest absolute Gasteiger partial charge is 0.477 e. The van der Waals surface area contributed by atoms with Gasteiger partial charge in [0, 0.05) is 24.6 Å². The van der Waals surface area contributed by atoms with Gasteiger partial charge in [0.2, 0.25) is 10.0 Å². The van der Waals surface area contributed by atoms with Crippen molar-refractivity contribution in [1.29, 1.82) is 0 Å². The van der Waals surface area contributed by atoms with Crippen LogP contribution in [0.25, 0.3) is 0 Å². The molecule has 1 fully saturated rings. The normalized spacial score (nSPS) is 15.4. The number of carboxylic acids is 1. The van der Waals surface area contributed by atoms with Crippen molar-refractivity contribution >= 4 is 21.7 Å². The molecule has 2 aromatic rings. The van der Waals surface area contributed by atoms with E-state index in [-0.39, 0.29) is 18.8 Å². The predicted octanol–water partition coefficient (Wildman–Crippen LogP) is 1.56. The van der Waals surface area contributed by atoms with Gasteiger partial charge in [0.1, 0.15) is 5.69 Å². The minimum absolute atomic E-state index is 0.0410. The smallest absolute Gasteiger partial charge is 0.354 e. The molecular formula is C16H18N4O6S. The summed E-state index contributed by atoms with van der Waals surface area (Å²) in [6.45, 7) is 1.97. The van der Waals surface area contributed by atoms with E-state index in [1.807, 2.05) is 0 Å². The fourth-order valence-corrected chi connectivity index (χ4v) is 4.21. The molecule has 1 aromatic carbocycles. The molecule has 27 heavy (non-hydrogen) atoms. The lowest BCUT2D eigenvalue weighted by atomic mass is 10.1. The summed E-state index contributed by atoms with van der Waals surface area (Å²) in [6, 6.07) is 6.58. The van der Waals surface area contributed by atoms with Crippen LogP contribution in [0, 0.1) is 22.5 Å². The number of rotatable bonds is 8. The van der Waals surface area contributed by atoms with Gasteiger partial charge < -0.3 is 5.11 Å². The van der Waals surface area contributed by atoms with Crippen LogP contribution in [0.4, 0.5) is 5.69 Å². The average Bonchev–Trinajstić information content (AvgIpc) is 3.27.